The van der Waals surface area contributed by atoms with Crippen molar-refractivity contribution in [1.29, 1.82) is 0 Å². The molecule has 0 aromatic carbocycles. The highest BCUT2D eigenvalue weighted by molar-refractivity contribution is 14.1. The van der Waals surface area contributed by atoms with Crippen LogP contribution in [0.25, 0.3) is 0 Å². The zero-order chi connectivity index (χ0) is 11.8. The summed E-state index contributed by atoms with van der Waals surface area (Å²) in [4.78, 5) is 17.0. The number of hydrogen-bond acceptors (Lipinski definition) is 2. The van der Waals surface area contributed by atoms with Gasteiger partial charge in [-0.25, -0.2) is 0 Å². The Balaban J connectivity index is 2.08. The van der Waals surface area contributed by atoms with Gasteiger partial charge in [-0.05, 0) is 47.0 Å². The van der Waals surface area contributed by atoms with E-state index in [1.807, 2.05) is 17.2 Å². The molecule has 1 amide bonds. The number of nitrogens with zero attached hydrogens (tertiary/aromatic N) is 1. The van der Waals surface area contributed by atoms with Crippen LogP contribution in [0, 0.1) is 8.99 Å². The highest BCUT2D eigenvalue weighted by Gasteiger charge is 2.35. The molecule has 1 atom stereocenters. The van der Waals surface area contributed by atoms with Crippen molar-refractivity contribution in [3.05, 3.63) is 21.5 Å². The number of likely N-dealkylation sites (tertiary alicyclic amines) is 1. The summed E-state index contributed by atoms with van der Waals surface area (Å²) in [6.07, 6.45) is 2.83. The third kappa shape index (κ3) is 2.24. The zero-order valence-corrected chi connectivity index (χ0v) is 11.5. The van der Waals surface area contributed by atoms with Crippen LogP contribution in [0.5, 0.6) is 0 Å². The van der Waals surface area contributed by atoms with Crippen molar-refractivity contribution in [2.75, 3.05) is 19.6 Å². The fraction of sp³-hybridized carbons (Fsp3) is 0.545. The topological polar surface area (TPSA) is 62.1 Å². The van der Waals surface area contributed by atoms with Crippen molar-refractivity contribution >= 4 is 28.5 Å². The van der Waals surface area contributed by atoms with Crippen LogP contribution in [0.15, 0.2) is 12.3 Å². The van der Waals surface area contributed by atoms with Crippen LogP contribution in [0.4, 0.5) is 0 Å². The minimum atomic E-state index is 0.0834. The van der Waals surface area contributed by atoms with E-state index in [4.69, 9.17) is 5.73 Å². The summed E-state index contributed by atoms with van der Waals surface area (Å²) in [6.45, 7) is 4.35. The van der Waals surface area contributed by atoms with Gasteiger partial charge in [0.2, 0.25) is 0 Å². The number of amides is 1. The molecule has 5 heteroatoms. The third-order valence-electron chi connectivity index (χ3n) is 3.22. The molecule has 4 nitrogen and oxygen atoms in total. The molecule has 0 radical (unpaired) electrons. The Morgan fingerprint density at radius 3 is 3.00 bits per heavy atom. The van der Waals surface area contributed by atoms with E-state index in [9.17, 15) is 4.79 Å². The van der Waals surface area contributed by atoms with Crippen LogP contribution in [0.1, 0.15) is 23.8 Å². The predicted molar refractivity (Wildman–Crippen MR) is 71.2 cm³/mol. The quantitative estimate of drug-likeness (QED) is 0.805. The standard InChI is InChI=1S/C11H16IN3O/c1-11(6-13)2-3-15(7-11)10(16)9-4-8(12)5-14-9/h4-5,14H,2-3,6-7,13H2,1H3. The molecule has 1 aromatic heterocycles. The van der Waals surface area contributed by atoms with Gasteiger partial charge in [-0.15, -0.1) is 0 Å². The zero-order valence-electron chi connectivity index (χ0n) is 9.29. The first-order valence-electron chi connectivity index (χ1n) is 5.37. The molecule has 0 aliphatic carbocycles. The minimum absolute atomic E-state index is 0.0834. The van der Waals surface area contributed by atoms with E-state index in [1.165, 1.54) is 0 Å². The summed E-state index contributed by atoms with van der Waals surface area (Å²) in [6, 6.07) is 1.88. The third-order valence-corrected chi connectivity index (χ3v) is 3.84. The number of aromatic amines is 1. The molecule has 0 bridgehead atoms. The van der Waals surface area contributed by atoms with Crippen LogP contribution in [0.2, 0.25) is 0 Å². The fourth-order valence-electron chi connectivity index (χ4n) is 2.03. The van der Waals surface area contributed by atoms with Crippen molar-refractivity contribution < 1.29 is 4.79 Å². The Hall–Kier alpha value is -0.560. The Labute approximate surface area is 109 Å². The molecule has 1 unspecified atom stereocenters. The van der Waals surface area contributed by atoms with Crippen molar-refractivity contribution in [1.82, 2.24) is 9.88 Å². The van der Waals surface area contributed by atoms with Gasteiger partial charge in [-0.2, -0.15) is 0 Å². The van der Waals surface area contributed by atoms with Crippen molar-refractivity contribution in [2.24, 2.45) is 11.1 Å². The molecule has 1 fully saturated rings. The number of carbonyl (C=O) groups is 1. The van der Waals surface area contributed by atoms with Gasteiger partial charge in [0.05, 0.1) is 0 Å². The maximum Gasteiger partial charge on any atom is 0.270 e. The van der Waals surface area contributed by atoms with Gasteiger partial charge < -0.3 is 15.6 Å². The number of rotatable bonds is 2. The average Bonchev–Trinajstić information content (AvgIpc) is 2.85. The van der Waals surface area contributed by atoms with E-state index >= 15 is 0 Å². The largest absolute Gasteiger partial charge is 0.356 e. The Morgan fingerprint density at radius 1 is 1.75 bits per heavy atom. The number of H-pyrrole nitrogens is 1. The van der Waals surface area contributed by atoms with E-state index < -0.39 is 0 Å². The second kappa shape index (κ2) is 4.37. The molecule has 1 aromatic rings. The second-order valence-corrected chi connectivity index (χ2v) is 5.97. The first-order valence-corrected chi connectivity index (χ1v) is 6.45. The van der Waals surface area contributed by atoms with Gasteiger partial charge in [0.1, 0.15) is 5.69 Å². The molecule has 2 rings (SSSR count). The molecule has 3 N–H and O–H groups in total. The first-order chi connectivity index (χ1) is 7.54. The molecular formula is C11H16IN3O. The van der Waals surface area contributed by atoms with Gasteiger partial charge in [-0.1, -0.05) is 6.92 Å². The van der Waals surface area contributed by atoms with E-state index in [1.54, 1.807) is 0 Å². The maximum absolute atomic E-state index is 12.1. The number of nitrogens with two attached hydrogens (primary N) is 1. The van der Waals surface area contributed by atoms with Gasteiger partial charge >= 0.3 is 0 Å². The van der Waals surface area contributed by atoms with Crippen LogP contribution in [-0.2, 0) is 0 Å². The minimum Gasteiger partial charge on any atom is -0.356 e. The summed E-state index contributed by atoms with van der Waals surface area (Å²) in [5.41, 5.74) is 6.49. The van der Waals surface area contributed by atoms with Gasteiger partial charge in [0, 0.05) is 22.9 Å². The molecule has 2 heterocycles. The lowest BCUT2D eigenvalue weighted by Crippen LogP contribution is -2.34. The lowest BCUT2D eigenvalue weighted by molar-refractivity contribution is 0.0772. The summed E-state index contributed by atoms with van der Waals surface area (Å²) < 4.78 is 1.06. The maximum atomic E-state index is 12.1. The fourth-order valence-corrected chi connectivity index (χ4v) is 2.49. The van der Waals surface area contributed by atoms with Gasteiger partial charge in [0.25, 0.3) is 5.91 Å². The number of halogens is 1. The smallest absolute Gasteiger partial charge is 0.270 e. The molecule has 0 spiro atoms. The SMILES string of the molecule is CC1(CN)CCN(C(=O)c2cc(I)c[nH]2)C1. The molecule has 0 saturated carbocycles. The van der Waals surface area contributed by atoms with Crippen LogP contribution < -0.4 is 5.73 Å². The summed E-state index contributed by atoms with van der Waals surface area (Å²) in [5.74, 6) is 0.0834. The summed E-state index contributed by atoms with van der Waals surface area (Å²) in [7, 11) is 0. The Bertz CT molecular complexity index is 404. The van der Waals surface area contributed by atoms with Crippen LogP contribution in [0.3, 0.4) is 0 Å². The van der Waals surface area contributed by atoms with Crippen molar-refractivity contribution in [3.8, 4) is 0 Å². The van der Waals surface area contributed by atoms with Crippen molar-refractivity contribution in [2.45, 2.75) is 13.3 Å². The van der Waals surface area contributed by atoms with Crippen LogP contribution in [-0.4, -0.2) is 35.4 Å². The molecule has 88 valence electrons. The van der Waals surface area contributed by atoms with E-state index in [0.29, 0.717) is 12.2 Å². The van der Waals surface area contributed by atoms with Crippen LogP contribution >= 0.6 is 22.6 Å². The predicted octanol–water partition coefficient (Wildman–Crippen LogP) is 1.43. The van der Waals surface area contributed by atoms with E-state index in [0.717, 1.165) is 23.1 Å². The average molecular weight is 333 g/mol. The highest BCUT2D eigenvalue weighted by Crippen LogP contribution is 2.29. The summed E-state index contributed by atoms with van der Waals surface area (Å²) in [5, 5.41) is 0. The number of hydrogen-bond donors (Lipinski definition) is 2. The van der Waals surface area contributed by atoms with Gasteiger partial charge in [0.15, 0.2) is 0 Å². The molecule has 16 heavy (non-hydrogen) atoms. The number of aromatic nitrogens is 1. The molecule has 1 saturated heterocycles. The Morgan fingerprint density at radius 2 is 2.50 bits per heavy atom. The van der Waals surface area contributed by atoms with E-state index in [-0.39, 0.29) is 11.3 Å². The molecular weight excluding hydrogens is 317 g/mol. The molecule has 1 aliphatic rings. The lowest BCUT2D eigenvalue weighted by Gasteiger charge is -2.22. The second-order valence-electron chi connectivity index (χ2n) is 4.72. The van der Waals surface area contributed by atoms with E-state index in [2.05, 4.69) is 34.5 Å². The normalized spacial score (nSPS) is 25.1. The number of carbonyl (C=O) groups excluding carboxylic acids is 1. The lowest BCUT2D eigenvalue weighted by atomic mass is 9.90. The highest BCUT2D eigenvalue weighted by atomic mass is 127. The molecule has 1 aliphatic heterocycles. The Kier molecular flexibility index (Phi) is 3.25. The monoisotopic (exact) mass is 333 g/mol. The summed E-state index contributed by atoms with van der Waals surface area (Å²) >= 11 is 2.19. The number of nitrogens with one attached hydrogen (secondary N) is 1. The van der Waals surface area contributed by atoms with Gasteiger partial charge in [-0.3, -0.25) is 4.79 Å². The first kappa shape index (κ1) is 11.9. The van der Waals surface area contributed by atoms with Crippen molar-refractivity contribution in [3.63, 3.8) is 0 Å².